The second-order valence-electron chi connectivity index (χ2n) is 3.26. The van der Waals surface area contributed by atoms with Gasteiger partial charge in [0, 0.05) is 10.6 Å². The summed E-state index contributed by atoms with van der Waals surface area (Å²) in [6, 6.07) is 7.87. The first-order chi connectivity index (χ1) is 6.11. The lowest BCUT2D eigenvalue weighted by Crippen LogP contribution is -1.91. The molecule has 1 aromatic carbocycles. The third-order valence-electron chi connectivity index (χ3n) is 1.80. The number of benzene rings is 1. The van der Waals surface area contributed by atoms with Crippen LogP contribution in [0.2, 0.25) is 0 Å². The number of para-hydroxylation sites is 1. The lowest BCUT2D eigenvalue weighted by Gasteiger charge is -2.09. The molecular weight excluding hydrogens is 178 g/mol. The molecule has 0 aliphatic rings. The Labute approximate surface area is 84.0 Å². The molecule has 1 aromatic rings. The molecule has 0 bridgehead atoms. The van der Waals surface area contributed by atoms with E-state index in [2.05, 4.69) is 20.4 Å². The number of rotatable bonds is 3. The Hall–Kier alpha value is -0.890. The maximum absolute atomic E-state index is 5.81. The van der Waals surface area contributed by atoms with Crippen molar-refractivity contribution in [2.45, 2.75) is 18.7 Å². The summed E-state index contributed by atoms with van der Waals surface area (Å²) in [5, 5.41) is 0. The van der Waals surface area contributed by atoms with Crippen molar-refractivity contribution in [2.24, 2.45) is 5.92 Å². The largest absolute Gasteiger partial charge is 0.398 e. The topological polar surface area (TPSA) is 26.0 Å². The van der Waals surface area contributed by atoms with Crippen LogP contribution in [0.5, 0.6) is 0 Å². The van der Waals surface area contributed by atoms with Gasteiger partial charge in [0.2, 0.25) is 0 Å². The van der Waals surface area contributed by atoms with Crippen LogP contribution >= 0.6 is 11.8 Å². The molecular formula is C11H15NS. The van der Waals surface area contributed by atoms with E-state index in [9.17, 15) is 0 Å². The van der Waals surface area contributed by atoms with Crippen LogP contribution in [-0.4, -0.2) is 0 Å². The first-order valence-electron chi connectivity index (χ1n) is 4.32. The van der Waals surface area contributed by atoms with Crippen LogP contribution in [0.25, 0.3) is 0 Å². The number of hydrogen-bond donors (Lipinski definition) is 1. The van der Waals surface area contributed by atoms with E-state index in [0.29, 0.717) is 5.92 Å². The monoisotopic (exact) mass is 193 g/mol. The number of nitrogens with two attached hydrogens (primary N) is 1. The maximum Gasteiger partial charge on any atom is 0.0455 e. The fourth-order valence-electron chi connectivity index (χ4n) is 0.833. The average Bonchev–Trinajstić information content (AvgIpc) is 2.08. The van der Waals surface area contributed by atoms with Crippen LogP contribution in [0.4, 0.5) is 5.69 Å². The highest BCUT2D eigenvalue weighted by Crippen LogP contribution is 2.33. The molecule has 1 rings (SSSR count). The van der Waals surface area contributed by atoms with Crippen molar-refractivity contribution in [3.05, 3.63) is 35.7 Å². The zero-order chi connectivity index (χ0) is 9.84. The van der Waals surface area contributed by atoms with Gasteiger partial charge in [0.1, 0.15) is 0 Å². The summed E-state index contributed by atoms with van der Waals surface area (Å²) >= 11 is 1.66. The third-order valence-corrected chi connectivity index (χ3v) is 3.13. The minimum atomic E-state index is 0.490. The summed E-state index contributed by atoms with van der Waals surface area (Å²) in [6.07, 6.45) is 0. The minimum absolute atomic E-state index is 0.490. The van der Waals surface area contributed by atoms with Gasteiger partial charge in [-0.3, -0.25) is 0 Å². The fourth-order valence-corrected chi connectivity index (χ4v) is 1.68. The molecule has 0 atom stereocenters. The Kier molecular flexibility index (Phi) is 3.43. The molecule has 70 valence electrons. The van der Waals surface area contributed by atoms with Crippen molar-refractivity contribution in [1.82, 2.24) is 0 Å². The van der Waals surface area contributed by atoms with E-state index >= 15 is 0 Å². The number of hydrogen-bond acceptors (Lipinski definition) is 2. The summed E-state index contributed by atoms with van der Waals surface area (Å²) in [5.74, 6) is 0.490. The maximum atomic E-state index is 5.81. The predicted molar refractivity (Wildman–Crippen MR) is 60.7 cm³/mol. The van der Waals surface area contributed by atoms with Crippen LogP contribution in [-0.2, 0) is 0 Å². The second-order valence-corrected chi connectivity index (χ2v) is 4.43. The smallest absolute Gasteiger partial charge is 0.0455 e. The van der Waals surface area contributed by atoms with Crippen LogP contribution in [0.3, 0.4) is 0 Å². The second kappa shape index (κ2) is 4.38. The van der Waals surface area contributed by atoms with Gasteiger partial charge in [0.25, 0.3) is 0 Å². The van der Waals surface area contributed by atoms with Crippen molar-refractivity contribution >= 4 is 17.4 Å². The minimum Gasteiger partial charge on any atom is -0.398 e. The van der Waals surface area contributed by atoms with E-state index < -0.39 is 0 Å². The molecule has 13 heavy (non-hydrogen) atoms. The van der Waals surface area contributed by atoms with Gasteiger partial charge in [-0.15, -0.1) is 0 Å². The molecule has 0 spiro atoms. The molecule has 0 saturated carbocycles. The van der Waals surface area contributed by atoms with Gasteiger partial charge in [-0.2, -0.15) is 0 Å². The fraction of sp³-hybridized carbons (Fsp3) is 0.273. The Morgan fingerprint density at radius 2 is 2.00 bits per heavy atom. The van der Waals surface area contributed by atoms with Gasteiger partial charge in [-0.05, 0) is 23.0 Å². The molecule has 0 unspecified atom stereocenters. The molecule has 2 N–H and O–H groups in total. The van der Waals surface area contributed by atoms with Crippen molar-refractivity contribution in [1.29, 1.82) is 0 Å². The van der Waals surface area contributed by atoms with Crippen LogP contribution in [0, 0.1) is 5.92 Å². The van der Waals surface area contributed by atoms with Crippen molar-refractivity contribution < 1.29 is 0 Å². The number of allylic oxidation sites excluding steroid dienone is 1. The Morgan fingerprint density at radius 3 is 2.54 bits per heavy atom. The summed E-state index contributed by atoms with van der Waals surface area (Å²) in [5.41, 5.74) is 6.64. The first-order valence-corrected chi connectivity index (χ1v) is 5.14. The number of anilines is 1. The van der Waals surface area contributed by atoms with Crippen molar-refractivity contribution in [2.75, 3.05) is 5.73 Å². The standard InChI is InChI=1S/C11H15NS/c1-8(2)9(3)13-11-7-5-4-6-10(11)12/h4-8H,3,12H2,1-2H3. The summed E-state index contributed by atoms with van der Waals surface area (Å²) in [4.78, 5) is 2.25. The van der Waals surface area contributed by atoms with Gasteiger partial charge in [-0.1, -0.05) is 44.3 Å². The lowest BCUT2D eigenvalue weighted by atomic mass is 10.2. The molecule has 0 aliphatic carbocycles. The Morgan fingerprint density at radius 1 is 1.38 bits per heavy atom. The molecule has 1 nitrogen and oxygen atoms in total. The summed E-state index contributed by atoms with van der Waals surface area (Å²) in [6.45, 7) is 8.26. The van der Waals surface area contributed by atoms with Crippen LogP contribution in [0.15, 0.2) is 40.6 Å². The van der Waals surface area contributed by atoms with E-state index in [1.807, 2.05) is 24.3 Å². The Bertz CT molecular complexity index is 305. The molecule has 0 saturated heterocycles. The normalized spacial score (nSPS) is 10.4. The van der Waals surface area contributed by atoms with Gasteiger partial charge < -0.3 is 5.73 Å². The zero-order valence-corrected chi connectivity index (χ0v) is 8.90. The Balaban J connectivity index is 2.75. The van der Waals surface area contributed by atoms with E-state index in [0.717, 1.165) is 15.5 Å². The highest BCUT2D eigenvalue weighted by atomic mass is 32.2. The third kappa shape index (κ3) is 2.81. The van der Waals surface area contributed by atoms with Gasteiger partial charge >= 0.3 is 0 Å². The molecule has 2 heteroatoms. The van der Waals surface area contributed by atoms with E-state index in [1.54, 1.807) is 11.8 Å². The van der Waals surface area contributed by atoms with E-state index in [1.165, 1.54) is 0 Å². The van der Waals surface area contributed by atoms with Gasteiger partial charge in [0.15, 0.2) is 0 Å². The summed E-state index contributed by atoms with van der Waals surface area (Å²) in [7, 11) is 0. The SMILES string of the molecule is C=C(Sc1ccccc1N)C(C)C. The lowest BCUT2D eigenvalue weighted by molar-refractivity contribution is 0.820. The highest BCUT2D eigenvalue weighted by Gasteiger charge is 2.04. The highest BCUT2D eigenvalue weighted by molar-refractivity contribution is 8.03. The first kappa shape index (κ1) is 10.2. The molecule has 0 radical (unpaired) electrons. The summed E-state index contributed by atoms with van der Waals surface area (Å²) < 4.78 is 0. The molecule has 0 aliphatic heterocycles. The zero-order valence-electron chi connectivity index (χ0n) is 8.08. The predicted octanol–water partition coefficient (Wildman–Crippen LogP) is 3.53. The van der Waals surface area contributed by atoms with Gasteiger partial charge in [0.05, 0.1) is 0 Å². The van der Waals surface area contributed by atoms with Crippen molar-refractivity contribution in [3.8, 4) is 0 Å². The van der Waals surface area contributed by atoms with Crippen molar-refractivity contribution in [3.63, 3.8) is 0 Å². The van der Waals surface area contributed by atoms with E-state index in [4.69, 9.17) is 5.73 Å². The van der Waals surface area contributed by atoms with Crippen LogP contribution in [0.1, 0.15) is 13.8 Å². The van der Waals surface area contributed by atoms with Crippen LogP contribution < -0.4 is 5.73 Å². The molecule has 0 fully saturated rings. The molecule has 0 amide bonds. The molecule has 0 heterocycles. The van der Waals surface area contributed by atoms with Gasteiger partial charge in [-0.25, -0.2) is 0 Å². The number of thioether (sulfide) groups is 1. The quantitative estimate of drug-likeness (QED) is 0.587. The number of nitrogen functional groups attached to an aromatic ring is 1. The molecule has 0 aromatic heterocycles. The average molecular weight is 193 g/mol. The van der Waals surface area contributed by atoms with E-state index in [-0.39, 0.29) is 0 Å².